The number of para-hydroxylation sites is 1. The summed E-state index contributed by atoms with van der Waals surface area (Å²) in [5.74, 6) is -0.272. The van der Waals surface area contributed by atoms with Crippen molar-refractivity contribution >= 4 is 23.0 Å². The van der Waals surface area contributed by atoms with E-state index in [1.165, 1.54) is 0 Å². The van der Waals surface area contributed by atoms with E-state index in [0.717, 1.165) is 22.0 Å². The van der Waals surface area contributed by atoms with Gasteiger partial charge in [0.2, 0.25) is 0 Å². The molecule has 5 nitrogen and oxygen atoms in total. The molecule has 0 saturated carbocycles. The molecular formula is C16H14N4O. The zero-order valence-corrected chi connectivity index (χ0v) is 11.5. The maximum atomic E-state index is 12.0. The highest BCUT2D eigenvalue weighted by atomic mass is 16.2. The molecule has 5 heteroatoms. The Bertz CT molecular complexity index is 806. The van der Waals surface area contributed by atoms with Crippen LogP contribution in [0.4, 0.5) is 0 Å². The summed E-state index contributed by atoms with van der Waals surface area (Å²) in [5, 5.41) is 4.94. The van der Waals surface area contributed by atoms with Gasteiger partial charge in [-0.05, 0) is 24.6 Å². The summed E-state index contributed by atoms with van der Waals surface area (Å²) < 4.78 is 0. The number of aromatic amines is 1. The van der Waals surface area contributed by atoms with E-state index < -0.39 is 0 Å². The number of benzene rings is 1. The third-order valence-electron chi connectivity index (χ3n) is 3.17. The first-order valence-corrected chi connectivity index (χ1v) is 6.56. The summed E-state index contributed by atoms with van der Waals surface area (Å²) in [7, 11) is 0. The second-order valence-electron chi connectivity index (χ2n) is 4.71. The van der Waals surface area contributed by atoms with Crippen LogP contribution in [0.2, 0.25) is 0 Å². The van der Waals surface area contributed by atoms with Crippen molar-refractivity contribution in [2.24, 2.45) is 5.10 Å². The Morgan fingerprint density at radius 3 is 3.00 bits per heavy atom. The van der Waals surface area contributed by atoms with Crippen LogP contribution in [0.5, 0.6) is 0 Å². The predicted octanol–water partition coefficient (Wildman–Crippen LogP) is 2.64. The minimum Gasteiger partial charge on any atom is -0.350 e. The van der Waals surface area contributed by atoms with Crippen molar-refractivity contribution in [3.05, 3.63) is 65.6 Å². The van der Waals surface area contributed by atoms with Gasteiger partial charge < -0.3 is 4.98 Å². The Hall–Kier alpha value is -2.95. The Labute approximate surface area is 121 Å². The lowest BCUT2D eigenvalue weighted by Crippen LogP contribution is -2.17. The molecular weight excluding hydrogens is 264 g/mol. The molecule has 2 heterocycles. The highest BCUT2D eigenvalue weighted by Gasteiger charge is 2.09. The van der Waals surface area contributed by atoms with Crippen LogP contribution in [-0.4, -0.2) is 22.1 Å². The van der Waals surface area contributed by atoms with Gasteiger partial charge in [0, 0.05) is 28.9 Å². The van der Waals surface area contributed by atoms with E-state index in [1.807, 2.05) is 43.3 Å². The van der Waals surface area contributed by atoms with E-state index >= 15 is 0 Å². The first-order valence-electron chi connectivity index (χ1n) is 6.56. The lowest BCUT2D eigenvalue weighted by atomic mass is 10.2. The van der Waals surface area contributed by atoms with Gasteiger partial charge in [-0.3, -0.25) is 9.78 Å². The maximum Gasteiger partial charge on any atom is 0.287 e. The first kappa shape index (κ1) is 13.1. The van der Waals surface area contributed by atoms with Gasteiger partial charge in [-0.15, -0.1) is 0 Å². The Morgan fingerprint density at radius 2 is 2.24 bits per heavy atom. The lowest BCUT2D eigenvalue weighted by Gasteiger charge is -1.96. The van der Waals surface area contributed by atoms with E-state index in [1.54, 1.807) is 18.6 Å². The Balaban J connectivity index is 1.75. The maximum absolute atomic E-state index is 12.0. The molecule has 0 aliphatic carbocycles. The number of nitrogens with one attached hydrogen (secondary N) is 2. The fourth-order valence-corrected chi connectivity index (χ4v) is 2.11. The van der Waals surface area contributed by atoms with Crippen molar-refractivity contribution in [1.29, 1.82) is 0 Å². The van der Waals surface area contributed by atoms with Crippen LogP contribution in [0.15, 0.2) is 53.9 Å². The zero-order valence-electron chi connectivity index (χ0n) is 11.5. The summed E-state index contributed by atoms with van der Waals surface area (Å²) in [5.41, 5.74) is 5.89. The normalized spacial score (nSPS) is 11.1. The van der Waals surface area contributed by atoms with Gasteiger partial charge >= 0.3 is 0 Å². The smallest absolute Gasteiger partial charge is 0.287 e. The number of amides is 1. The molecule has 3 aromatic rings. The second kappa shape index (κ2) is 5.58. The minimum absolute atomic E-state index is 0.272. The van der Waals surface area contributed by atoms with Gasteiger partial charge in [-0.25, -0.2) is 5.43 Å². The lowest BCUT2D eigenvalue weighted by molar-refractivity contribution is 0.0951. The van der Waals surface area contributed by atoms with Gasteiger partial charge in [-0.2, -0.15) is 5.10 Å². The van der Waals surface area contributed by atoms with E-state index in [9.17, 15) is 4.79 Å². The van der Waals surface area contributed by atoms with Crippen LogP contribution >= 0.6 is 0 Å². The quantitative estimate of drug-likeness (QED) is 0.571. The molecule has 1 aromatic carbocycles. The molecule has 0 atom stereocenters. The summed E-state index contributed by atoms with van der Waals surface area (Å²) in [6.45, 7) is 2.00. The number of aromatic nitrogens is 2. The van der Waals surface area contributed by atoms with Gasteiger partial charge in [0.25, 0.3) is 5.91 Å². The number of hydrogen-bond acceptors (Lipinski definition) is 3. The standard InChI is InChI=1S/C16H14N4O/c1-11-4-2-6-13-8-14(19-15(11)13)16(21)20-18-10-12-5-3-7-17-9-12/h2-10,19H,1H3,(H,20,21). The molecule has 2 aromatic heterocycles. The molecule has 2 N–H and O–H groups in total. The number of H-pyrrole nitrogens is 1. The molecule has 21 heavy (non-hydrogen) atoms. The number of hydrogen-bond donors (Lipinski definition) is 2. The van der Waals surface area contributed by atoms with Crippen molar-refractivity contribution in [3.63, 3.8) is 0 Å². The molecule has 0 aliphatic rings. The molecule has 0 spiro atoms. The van der Waals surface area contributed by atoms with Crippen LogP contribution in [-0.2, 0) is 0 Å². The van der Waals surface area contributed by atoms with Gasteiger partial charge in [0.15, 0.2) is 0 Å². The van der Waals surface area contributed by atoms with Crippen molar-refractivity contribution in [2.75, 3.05) is 0 Å². The molecule has 0 fully saturated rings. The average Bonchev–Trinajstić information content (AvgIpc) is 2.94. The number of pyridine rings is 1. The Morgan fingerprint density at radius 1 is 1.33 bits per heavy atom. The monoisotopic (exact) mass is 278 g/mol. The van der Waals surface area contributed by atoms with E-state index in [-0.39, 0.29) is 5.91 Å². The van der Waals surface area contributed by atoms with E-state index in [2.05, 4.69) is 20.5 Å². The topological polar surface area (TPSA) is 70.1 Å². The summed E-state index contributed by atoms with van der Waals surface area (Å²) >= 11 is 0. The van der Waals surface area contributed by atoms with E-state index in [0.29, 0.717) is 5.69 Å². The Kier molecular flexibility index (Phi) is 3.47. The molecule has 0 unspecified atom stereocenters. The first-order chi connectivity index (χ1) is 10.2. The SMILES string of the molecule is Cc1cccc2cc(C(=O)NN=Cc3cccnc3)[nH]c12. The van der Waals surface area contributed by atoms with Crippen LogP contribution < -0.4 is 5.43 Å². The number of rotatable bonds is 3. The highest BCUT2D eigenvalue weighted by Crippen LogP contribution is 2.18. The van der Waals surface area contributed by atoms with Gasteiger partial charge in [-0.1, -0.05) is 24.3 Å². The number of carbonyl (C=O) groups is 1. The fraction of sp³-hybridized carbons (Fsp3) is 0.0625. The van der Waals surface area contributed by atoms with Crippen LogP contribution in [0.25, 0.3) is 10.9 Å². The summed E-state index contributed by atoms with van der Waals surface area (Å²) in [6.07, 6.45) is 4.91. The van der Waals surface area contributed by atoms with Crippen molar-refractivity contribution in [1.82, 2.24) is 15.4 Å². The third kappa shape index (κ3) is 2.81. The van der Waals surface area contributed by atoms with Gasteiger partial charge in [0.05, 0.1) is 6.21 Å². The number of aryl methyl sites for hydroxylation is 1. The largest absolute Gasteiger partial charge is 0.350 e. The number of hydrazone groups is 1. The molecule has 1 amide bonds. The summed E-state index contributed by atoms with van der Waals surface area (Å²) in [6, 6.07) is 11.4. The summed E-state index contributed by atoms with van der Waals surface area (Å²) in [4.78, 5) is 19.1. The number of carbonyl (C=O) groups excluding carboxylic acids is 1. The van der Waals surface area contributed by atoms with Crippen molar-refractivity contribution < 1.29 is 4.79 Å². The zero-order chi connectivity index (χ0) is 14.7. The second-order valence-corrected chi connectivity index (χ2v) is 4.71. The minimum atomic E-state index is -0.272. The third-order valence-corrected chi connectivity index (χ3v) is 3.17. The highest BCUT2D eigenvalue weighted by molar-refractivity contribution is 5.99. The molecule has 0 saturated heterocycles. The molecule has 3 rings (SSSR count). The molecule has 0 radical (unpaired) electrons. The average molecular weight is 278 g/mol. The van der Waals surface area contributed by atoms with Gasteiger partial charge in [0.1, 0.15) is 5.69 Å². The van der Waals surface area contributed by atoms with E-state index in [4.69, 9.17) is 0 Å². The van der Waals surface area contributed by atoms with Crippen LogP contribution in [0.1, 0.15) is 21.6 Å². The molecule has 104 valence electrons. The van der Waals surface area contributed by atoms with Crippen molar-refractivity contribution in [3.8, 4) is 0 Å². The number of fused-ring (bicyclic) bond motifs is 1. The molecule has 0 bridgehead atoms. The van der Waals surface area contributed by atoms with Crippen molar-refractivity contribution in [2.45, 2.75) is 6.92 Å². The predicted molar refractivity (Wildman–Crippen MR) is 82.3 cm³/mol. The van der Waals surface area contributed by atoms with Crippen LogP contribution in [0.3, 0.4) is 0 Å². The fourth-order valence-electron chi connectivity index (χ4n) is 2.11. The molecule has 0 aliphatic heterocycles. The number of nitrogens with zero attached hydrogens (tertiary/aromatic N) is 2. The van der Waals surface area contributed by atoms with Crippen LogP contribution in [0, 0.1) is 6.92 Å².